The highest BCUT2D eigenvalue weighted by Crippen LogP contribution is 2.55. The van der Waals surface area contributed by atoms with Gasteiger partial charge in [0.2, 0.25) is 0 Å². The number of fused-ring (bicyclic) bond motifs is 1. The Morgan fingerprint density at radius 1 is 1.27 bits per heavy atom. The average Bonchev–Trinajstić information content (AvgIpc) is 2.53. The predicted molar refractivity (Wildman–Crippen MR) is 93.9 cm³/mol. The zero-order valence-corrected chi connectivity index (χ0v) is 16.1. The van der Waals surface area contributed by atoms with Crippen molar-refractivity contribution in [3.63, 3.8) is 0 Å². The molecule has 0 amide bonds. The van der Waals surface area contributed by atoms with Crippen LogP contribution in [0.15, 0.2) is 0 Å². The maximum absolute atomic E-state index is 12.5. The van der Waals surface area contributed by atoms with Gasteiger partial charge in [-0.25, -0.2) is 0 Å². The van der Waals surface area contributed by atoms with Gasteiger partial charge in [-0.15, -0.1) is 0 Å². The number of rotatable bonds is 3. The monoisotopic (exact) mass is 307 g/mol. The fourth-order valence-electron chi connectivity index (χ4n) is 6.05. The van der Waals surface area contributed by atoms with Gasteiger partial charge in [-0.2, -0.15) is 0 Å². The van der Waals surface area contributed by atoms with E-state index in [9.17, 15) is 4.79 Å². The summed E-state index contributed by atoms with van der Waals surface area (Å²) in [6.45, 7) is 18.4. The Morgan fingerprint density at radius 3 is 2.36 bits per heavy atom. The van der Waals surface area contributed by atoms with Crippen LogP contribution in [0, 0.1) is 22.7 Å². The molecule has 2 heteroatoms. The summed E-state index contributed by atoms with van der Waals surface area (Å²) in [5.41, 5.74) is 0.520. The van der Waals surface area contributed by atoms with E-state index in [0.717, 1.165) is 6.42 Å². The molecule has 1 aliphatic heterocycles. The second-order valence-corrected chi connectivity index (χ2v) is 9.52. The highest BCUT2D eigenvalue weighted by molar-refractivity contribution is 5.83. The largest absolute Gasteiger partial charge is 0.298 e. The third kappa shape index (κ3) is 2.88. The topological polar surface area (TPSA) is 20.3 Å². The van der Waals surface area contributed by atoms with Crippen molar-refractivity contribution in [1.29, 1.82) is 0 Å². The zero-order chi connectivity index (χ0) is 16.9. The number of ketones is 1. The Balaban J connectivity index is 2.47. The lowest BCUT2D eigenvalue weighted by atomic mass is 9.66. The first-order valence-corrected chi connectivity index (χ1v) is 9.31. The minimum absolute atomic E-state index is 0.0831. The number of nitrogens with zero attached hydrogens (tertiary/aromatic N) is 1. The Kier molecular flexibility index (Phi) is 4.84. The van der Waals surface area contributed by atoms with Gasteiger partial charge in [-0.1, -0.05) is 41.5 Å². The van der Waals surface area contributed by atoms with Gasteiger partial charge in [-0.3, -0.25) is 9.69 Å². The van der Waals surface area contributed by atoms with Crippen LogP contribution >= 0.6 is 0 Å². The molecule has 0 aromatic rings. The third-order valence-corrected chi connectivity index (χ3v) is 6.75. The number of carbonyl (C=O) groups excluding carboxylic acids is 1. The maximum atomic E-state index is 12.5. The number of hydrogen-bond acceptors (Lipinski definition) is 2. The molecule has 128 valence electrons. The van der Waals surface area contributed by atoms with Crippen molar-refractivity contribution in [3.05, 3.63) is 0 Å². The summed E-state index contributed by atoms with van der Waals surface area (Å²) in [5.74, 6) is 1.69. The van der Waals surface area contributed by atoms with Crippen LogP contribution in [0.5, 0.6) is 0 Å². The fraction of sp³-hybridized carbons (Fsp3) is 0.950. The van der Waals surface area contributed by atoms with E-state index in [1.807, 2.05) is 6.92 Å². The van der Waals surface area contributed by atoms with Crippen molar-refractivity contribution >= 4 is 5.78 Å². The summed E-state index contributed by atoms with van der Waals surface area (Å²) in [6, 6.07) is 1.17. The lowest BCUT2D eigenvalue weighted by molar-refractivity contribution is -0.125. The van der Waals surface area contributed by atoms with E-state index in [1.165, 1.54) is 19.3 Å². The lowest BCUT2D eigenvalue weighted by Gasteiger charge is -2.38. The molecule has 2 nitrogen and oxygen atoms in total. The first-order valence-electron chi connectivity index (χ1n) is 9.31. The SMILES string of the molecule is CCC(C)N1C2CCC(C)(C)CC(C)C2C(C)(C)C1C(C)=O. The smallest absolute Gasteiger partial charge is 0.147 e. The number of Topliss-reactive ketones (excluding diaryl/α,β-unsaturated/α-hetero) is 1. The molecule has 0 spiro atoms. The minimum Gasteiger partial charge on any atom is -0.298 e. The average molecular weight is 308 g/mol. The first-order chi connectivity index (χ1) is 10.0. The molecule has 0 radical (unpaired) electrons. The molecule has 0 N–H and O–H groups in total. The van der Waals surface area contributed by atoms with Crippen molar-refractivity contribution < 1.29 is 4.79 Å². The molecule has 22 heavy (non-hydrogen) atoms. The molecule has 5 unspecified atom stereocenters. The molecule has 2 rings (SSSR count). The van der Waals surface area contributed by atoms with Crippen LogP contribution in [0.2, 0.25) is 0 Å². The van der Waals surface area contributed by atoms with E-state index >= 15 is 0 Å². The van der Waals surface area contributed by atoms with E-state index in [1.54, 1.807) is 0 Å². The summed E-state index contributed by atoms with van der Waals surface area (Å²) in [7, 11) is 0. The van der Waals surface area contributed by atoms with Crippen LogP contribution < -0.4 is 0 Å². The van der Waals surface area contributed by atoms with E-state index in [4.69, 9.17) is 0 Å². The van der Waals surface area contributed by atoms with Crippen molar-refractivity contribution in [2.45, 2.75) is 99.2 Å². The second kappa shape index (κ2) is 5.92. The molecule has 0 aromatic heterocycles. The third-order valence-electron chi connectivity index (χ3n) is 6.75. The van der Waals surface area contributed by atoms with Crippen molar-refractivity contribution in [3.8, 4) is 0 Å². The molecule has 2 aliphatic rings. The van der Waals surface area contributed by atoms with E-state index in [0.29, 0.717) is 35.1 Å². The standard InChI is InChI=1S/C20H37NO/c1-9-14(3)21-16-10-11-19(5,6)12-13(2)17(16)20(7,8)18(21)15(4)22/h13-14,16-18H,9-12H2,1-8H3. The number of likely N-dealkylation sites (tertiary alicyclic amines) is 1. The summed E-state index contributed by atoms with van der Waals surface area (Å²) in [4.78, 5) is 15.1. The Hall–Kier alpha value is -0.370. The van der Waals surface area contributed by atoms with E-state index < -0.39 is 0 Å². The molecule has 1 saturated heterocycles. The van der Waals surface area contributed by atoms with Crippen molar-refractivity contribution in [2.24, 2.45) is 22.7 Å². The van der Waals surface area contributed by atoms with Gasteiger partial charge in [0.25, 0.3) is 0 Å². The quantitative estimate of drug-likeness (QED) is 0.738. The molecule has 0 aromatic carbocycles. The number of carbonyl (C=O) groups is 1. The van der Waals surface area contributed by atoms with E-state index in [2.05, 4.69) is 53.4 Å². The van der Waals surface area contributed by atoms with Crippen LogP contribution in [0.25, 0.3) is 0 Å². The highest BCUT2D eigenvalue weighted by atomic mass is 16.1. The number of hydrogen-bond donors (Lipinski definition) is 0. The molecule has 5 atom stereocenters. The molecule has 0 bridgehead atoms. The van der Waals surface area contributed by atoms with Gasteiger partial charge >= 0.3 is 0 Å². The molecule has 1 heterocycles. The van der Waals surface area contributed by atoms with Gasteiger partial charge in [0.05, 0.1) is 6.04 Å². The van der Waals surface area contributed by atoms with Crippen LogP contribution in [0.3, 0.4) is 0 Å². The van der Waals surface area contributed by atoms with Crippen LogP contribution in [0.1, 0.15) is 81.1 Å². The highest BCUT2D eigenvalue weighted by Gasteiger charge is 2.58. The lowest BCUT2D eigenvalue weighted by Crippen LogP contribution is -2.48. The fourth-order valence-corrected chi connectivity index (χ4v) is 6.05. The predicted octanol–water partition coefficient (Wildman–Crippen LogP) is 4.92. The van der Waals surface area contributed by atoms with Crippen LogP contribution in [-0.2, 0) is 4.79 Å². The van der Waals surface area contributed by atoms with Crippen LogP contribution in [-0.4, -0.2) is 28.8 Å². The van der Waals surface area contributed by atoms with Crippen molar-refractivity contribution in [1.82, 2.24) is 4.90 Å². The summed E-state index contributed by atoms with van der Waals surface area (Å²) >= 11 is 0. The summed E-state index contributed by atoms with van der Waals surface area (Å²) in [6.07, 6.45) is 4.95. The maximum Gasteiger partial charge on any atom is 0.147 e. The van der Waals surface area contributed by atoms with Crippen LogP contribution in [0.4, 0.5) is 0 Å². The first kappa shape index (κ1) is 18.0. The molecular formula is C20H37NO. The Labute approximate surface area is 138 Å². The van der Waals surface area contributed by atoms with Gasteiger partial charge in [0.1, 0.15) is 5.78 Å². The van der Waals surface area contributed by atoms with Crippen molar-refractivity contribution in [2.75, 3.05) is 0 Å². The summed E-state index contributed by atoms with van der Waals surface area (Å²) in [5, 5.41) is 0. The zero-order valence-electron chi connectivity index (χ0n) is 16.1. The van der Waals surface area contributed by atoms with E-state index in [-0.39, 0.29) is 11.5 Å². The van der Waals surface area contributed by atoms with Gasteiger partial charge < -0.3 is 0 Å². The molecule has 2 fully saturated rings. The molecular weight excluding hydrogens is 270 g/mol. The van der Waals surface area contributed by atoms with Gasteiger partial charge in [-0.05, 0) is 62.2 Å². The summed E-state index contributed by atoms with van der Waals surface area (Å²) < 4.78 is 0. The second-order valence-electron chi connectivity index (χ2n) is 9.52. The molecule has 1 aliphatic carbocycles. The van der Waals surface area contributed by atoms with Gasteiger partial charge in [0.15, 0.2) is 0 Å². The normalized spacial score (nSPS) is 39.1. The Morgan fingerprint density at radius 2 is 1.86 bits per heavy atom. The minimum atomic E-state index is 0.0831. The van der Waals surface area contributed by atoms with Gasteiger partial charge in [0, 0.05) is 12.1 Å². The Bertz CT molecular complexity index is 425. The molecule has 1 saturated carbocycles.